The molecule has 1 fully saturated rings. The van der Waals surface area contributed by atoms with E-state index in [1.165, 1.54) is 23.1 Å². The van der Waals surface area contributed by atoms with E-state index in [2.05, 4.69) is 4.72 Å². The van der Waals surface area contributed by atoms with Crippen molar-refractivity contribution in [3.8, 4) is 11.1 Å². The maximum Gasteiger partial charge on any atom is 0.243 e. The largest absolute Gasteiger partial charge is 0.320 e. The van der Waals surface area contributed by atoms with Gasteiger partial charge in [-0.2, -0.15) is 0 Å². The van der Waals surface area contributed by atoms with Crippen molar-refractivity contribution < 1.29 is 22.0 Å². The molecule has 1 atom stereocenters. The van der Waals surface area contributed by atoms with Crippen LogP contribution < -0.4 is 15.4 Å². The third-order valence-electron chi connectivity index (χ3n) is 4.31. The SMILES string of the molecule is CS(=O)(=O)Nc1ccc(F)cc1-c1ccc(N2CCC[C@@H](N)C2=O)c(F)c1. The summed E-state index contributed by atoms with van der Waals surface area (Å²) in [6.07, 6.45) is 2.19. The Morgan fingerprint density at radius 1 is 1.19 bits per heavy atom. The van der Waals surface area contributed by atoms with Crippen molar-refractivity contribution in [3.63, 3.8) is 0 Å². The van der Waals surface area contributed by atoms with Gasteiger partial charge in [0.2, 0.25) is 15.9 Å². The number of piperidine rings is 1. The number of halogens is 2. The number of nitrogens with zero attached hydrogens (tertiary/aromatic N) is 1. The molecule has 2 aromatic rings. The molecule has 1 saturated heterocycles. The van der Waals surface area contributed by atoms with Crippen molar-refractivity contribution in [3.05, 3.63) is 48.0 Å². The molecule has 0 aromatic heterocycles. The normalized spacial score (nSPS) is 17.9. The molecule has 9 heteroatoms. The number of anilines is 2. The first-order valence-corrected chi connectivity index (χ1v) is 10.2. The minimum Gasteiger partial charge on any atom is -0.320 e. The number of sulfonamides is 1. The summed E-state index contributed by atoms with van der Waals surface area (Å²) in [5.74, 6) is -1.62. The van der Waals surface area contributed by atoms with Crippen molar-refractivity contribution in [2.75, 3.05) is 22.4 Å². The molecule has 0 unspecified atom stereocenters. The molecule has 1 aliphatic rings. The summed E-state index contributed by atoms with van der Waals surface area (Å²) in [6.45, 7) is 0.365. The molecule has 3 rings (SSSR count). The maximum absolute atomic E-state index is 14.7. The third-order valence-corrected chi connectivity index (χ3v) is 4.90. The number of carbonyl (C=O) groups is 1. The van der Waals surface area contributed by atoms with Gasteiger partial charge in [0.05, 0.1) is 23.7 Å². The van der Waals surface area contributed by atoms with Gasteiger partial charge in [-0.1, -0.05) is 6.07 Å². The highest BCUT2D eigenvalue weighted by Crippen LogP contribution is 2.33. The van der Waals surface area contributed by atoms with Gasteiger partial charge >= 0.3 is 0 Å². The van der Waals surface area contributed by atoms with Gasteiger partial charge in [0, 0.05) is 12.1 Å². The molecular formula is C18H19F2N3O3S. The van der Waals surface area contributed by atoms with Crippen LogP contribution in [0.25, 0.3) is 11.1 Å². The lowest BCUT2D eigenvalue weighted by molar-refractivity contribution is -0.120. The number of nitrogens with two attached hydrogens (primary N) is 1. The third kappa shape index (κ3) is 4.25. The second-order valence-electron chi connectivity index (χ2n) is 6.47. The Morgan fingerprint density at radius 2 is 1.93 bits per heavy atom. The van der Waals surface area contributed by atoms with Gasteiger partial charge in [-0.05, 0) is 48.7 Å². The molecule has 144 valence electrons. The summed E-state index contributed by atoms with van der Waals surface area (Å²) in [4.78, 5) is 13.5. The lowest BCUT2D eigenvalue weighted by atomic mass is 10.0. The Balaban J connectivity index is 2.01. The van der Waals surface area contributed by atoms with E-state index in [1.54, 1.807) is 0 Å². The van der Waals surface area contributed by atoms with Crippen molar-refractivity contribution >= 4 is 27.3 Å². The average Bonchev–Trinajstić information content (AvgIpc) is 2.58. The van der Waals surface area contributed by atoms with Gasteiger partial charge in [-0.15, -0.1) is 0 Å². The monoisotopic (exact) mass is 395 g/mol. The number of benzene rings is 2. The summed E-state index contributed by atoms with van der Waals surface area (Å²) in [5, 5.41) is 0. The van der Waals surface area contributed by atoms with E-state index < -0.39 is 27.7 Å². The van der Waals surface area contributed by atoms with Gasteiger partial charge in [-0.3, -0.25) is 9.52 Å². The lowest BCUT2D eigenvalue weighted by Gasteiger charge is -2.30. The van der Waals surface area contributed by atoms with Gasteiger partial charge in [-0.25, -0.2) is 17.2 Å². The van der Waals surface area contributed by atoms with Crippen molar-refractivity contribution in [2.24, 2.45) is 5.73 Å². The molecule has 1 heterocycles. The predicted octanol–water partition coefficient (Wildman–Crippen LogP) is 2.46. The van der Waals surface area contributed by atoms with Crippen LogP contribution in [0.4, 0.5) is 20.2 Å². The number of rotatable bonds is 4. The first kappa shape index (κ1) is 19.2. The van der Waals surface area contributed by atoms with Crippen LogP contribution >= 0.6 is 0 Å². The zero-order valence-corrected chi connectivity index (χ0v) is 15.4. The smallest absolute Gasteiger partial charge is 0.243 e. The standard InChI is InChI=1S/C18H19F2N3O3S/c1-27(25,26)22-16-6-5-12(19)10-13(16)11-4-7-17(14(20)9-11)23-8-2-3-15(21)18(23)24/h4-7,9-10,15,22H,2-3,8,21H2,1H3/t15-/m1/s1. The van der Waals surface area contributed by atoms with Crippen LogP contribution in [0.5, 0.6) is 0 Å². The molecule has 0 spiro atoms. The summed E-state index contributed by atoms with van der Waals surface area (Å²) in [6, 6.07) is 6.89. The summed E-state index contributed by atoms with van der Waals surface area (Å²) in [7, 11) is -3.60. The first-order chi connectivity index (χ1) is 12.7. The summed E-state index contributed by atoms with van der Waals surface area (Å²) in [5.41, 5.74) is 6.43. The molecule has 0 bridgehead atoms. The fourth-order valence-corrected chi connectivity index (χ4v) is 3.66. The van der Waals surface area contributed by atoms with Gasteiger partial charge in [0.25, 0.3) is 0 Å². The zero-order valence-electron chi connectivity index (χ0n) is 14.6. The van der Waals surface area contributed by atoms with Crippen LogP contribution in [-0.4, -0.2) is 33.2 Å². The Bertz CT molecular complexity index is 995. The summed E-state index contributed by atoms with van der Waals surface area (Å²) >= 11 is 0. The van der Waals surface area contributed by atoms with E-state index >= 15 is 0 Å². The number of carbonyl (C=O) groups excluding carboxylic acids is 1. The molecule has 0 radical (unpaired) electrons. The number of hydrogen-bond donors (Lipinski definition) is 2. The molecule has 3 N–H and O–H groups in total. The van der Waals surface area contributed by atoms with E-state index in [4.69, 9.17) is 5.73 Å². The fraction of sp³-hybridized carbons (Fsp3) is 0.278. The Kier molecular flexibility index (Phi) is 5.16. The lowest BCUT2D eigenvalue weighted by Crippen LogP contribution is -2.48. The quantitative estimate of drug-likeness (QED) is 0.832. The molecule has 1 amide bonds. The number of hydrogen-bond acceptors (Lipinski definition) is 4. The molecule has 2 aromatic carbocycles. The van der Waals surface area contributed by atoms with E-state index in [-0.39, 0.29) is 28.4 Å². The Labute approximate surface area is 156 Å². The highest BCUT2D eigenvalue weighted by atomic mass is 32.2. The second-order valence-corrected chi connectivity index (χ2v) is 8.22. The first-order valence-electron chi connectivity index (χ1n) is 8.30. The zero-order chi connectivity index (χ0) is 19.8. The Hall–Kier alpha value is -2.52. The number of nitrogens with one attached hydrogen (secondary N) is 1. The minimum atomic E-state index is -3.60. The molecule has 27 heavy (non-hydrogen) atoms. The van der Waals surface area contributed by atoms with Crippen LogP contribution in [0.3, 0.4) is 0 Å². The summed E-state index contributed by atoms with van der Waals surface area (Å²) < 4.78 is 53.8. The fourth-order valence-electron chi connectivity index (χ4n) is 3.08. The van der Waals surface area contributed by atoms with E-state index in [9.17, 15) is 22.0 Å². The van der Waals surface area contributed by atoms with Crippen LogP contribution in [-0.2, 0) is 14.8 Å². The van der Waals surface area contributed by atoms with Crippen LogP contribution in [0.15, 0.2) is 36.4 Å². The van der Waals surface area contributed by atoms with E-state index in [1.807, 2.05) is 0 Å². The molecule has 6 nitrogen and oxygen atoms in total. The predicted molar refractivity (Wildman–Crippen MR) is 99.8 cm³/mol. The van der Waals surface area contributed by atoms with Crippen LogP contribution in [0.1, 0.15) is 12.8 Å². The van der Waals surface area contributed by atoms with Crippen molar-refractivity contribution in [2.45, 2.75) is 18.9 Å². The van der Waals surface area contributed by atoms with Gasteiger partial charge in [0.1, 0.15) is 11.6 Å². The molecule has 1 aliphatic heterocycles. The van der Waals surface area contributed by atoms with Gasteiger partial charge in [0.15, 0.2) is 0 Å². The van der Waals surface area contributed by atoms with Crippen LogP contribution in [0, 0.1) is 11.6 Å². The average molecular weight is 395 g/mol. The van der Waals surface area contributed by atoms with Crippen molar-refractivity contribution in [1.29, 1.82) is 0 Å². The second kappa shape index (κ2) is 7.24. The molecular weight excluding hydrogens is 376 g/mol. The highest BCUT2D eigenvalue weighted by Gasteiger charge is 2.28. The van der Waals surface area contributed by atoms with Gasteiger partial charge < -0.3 is 10.6 Å². The highest BCUT2D eigenvalue weighted by molar-refractivity contribution is 7.92. The topological polar surface area (TPSA) is 92.5 Å². The number of amides is 1. The minimum absolute atomic E-state index is 0.0907. The van der Waals surface area contributed by atoms with E-state index in [0.717, 1.165) is 24.5 Å². The maximum atomic E-state index is 14.7. The molecule has 0 saturated carbocycles. The van der Waals surface area contributed by atoms with E-state index in [0.29, 0.717) is 19.4 Å². The van der Waals surface area contributed by atoms with Crippen molar-refractivity contribution in [1.82, 2.24) is 0 Å². The van der Waals surface area contributed by atoms with Crippen LogP contribution in [0.2, 0.25) is 0 Å². The molecule has 0 aliphatic carbocycles. The Morgan fingerprint density at radius 3 is 2.59 bits per heavy atom.